The van der Waals surface area contributed by atoms with Gasteiger partial charge in [0.2, 0.25) is 0 Å². The van der Waals surface area contributed by atoms with Crippen LogP contribution in [-0.2, 0) is 22.4 Å². The van der Waals surface area contributed by atoms with E-state index in [4.69, 9.17) is 19.7 Å². The second-order valence-corrected chi connectivity index (χ2v) is 10.4. The first-order valence-corrected chi connectivity index (χ1v) is 14.7. The van der Waals surface area contributed by atoms with E-state index in [9.17, 15) is 9.59 Å². The summed E-state index contributed by atoms with van der Waals surface area (Å²) in [4.78, 5) is 21.4. The van der Waals surface area contributed by atoms with Gasteiger partial charge >= 0.3 is 11.9 Å². The van der Waals surface area contributed by atoms with Crippen molar-refractivity contribution in [2.75, 3.05) is 0 Å². The van der Waals surface area contributed by atoms with Gasteiger partial charge in [-0.1, -0.05) is 109 Å². The van der Waals surface area contributed by atoms with Crippen LogP contribution in [0.1, 0.15) is 11.1 Å². The van der Waals surface area contributed by atoms with Gasteiger partial charge in [0.05, 0.1) is 12.8 Å². The number of carboxylic acids is 2. The van der Waals surface area contributed by atoms with Crippen molar-refractivity contribution in [3.63, 3.8) is 0 Å². The Labute approximate surface area is 267 Å². The number of benzene rings is 6. The zero-order chi connectivity index (χ0) is 32.1. The summed E-state index contributed by atoms with van der Waals surface area (Å²) in [5.41, 5.74) is 5.81. The van der Waals surface area contributed by atoms with Gasteiger partial charge in [0, 0.05) is 0 Å². The third-order valence-electron chi connectivity index (χ3n) is 6.95. The standard InChI is InChI=1S/2C20H16O3/c2*21-20(22)14-15-6-8-16(9-7-15)17-10-12-19(13-11-17)23-18-4-2-1-3-5-18/h2*1-13H,14H2,(H,21,22). The van der Waals surface area contributed by atoms with E-state index in [0.717, 1.165) is 56.4 Å². The fourth-order valence-electron chi connectivity index (χ4n) is 4.66. The van der Waals surface area contributed by atoms with Crippen LogP contribution >= 0.6 is 0 Å². The number of ether oxygens (including phenoxy) is 2. The van der Waals surface area contributed by atoms with Gasteiger partial charge < -0.3 is 19.7 Å². The third kappa shape index (κ3) is 9.43. The second-order valence-electron chi connectivity index (χ2n) is 10.4. The first-order chi connectivity index (χ1) is 22.4. The van der Waals surface area contributed by atoms with Crippen molar-refractivity contribution in [1.82, 2.24) is 0 Å². The Balaban J connectivity index is 0.000000181. The predicted octanol–water partition coefficient (Wildman–Crippen LogP) is 9.55. The molecule has 0 spiro atoms. The Bertz CT molecular complexity index is 1690. The van der Waals surface area contributed by atoms with Gasteiger partial charge in [-0.15, -0.1) is 0 Å². The average molecular weight is 609 g/mol. The lowest BCUT2D eigenvalue weighted by Crippen LogP contribution is -1.99. The molecule has 6 aromatic rings. The monoisotopic (exact) mass is 608 g/mol. The van der Waals surface area contributed by atoms with Crippen LogP contribution in [0.2, 0.25) is 0 Å². The lowest BCUT2D eigenvalue weighted by atomic mass is 10.0. The second kappa shape index (κ2) is 15.5. The van der Waals surface area contributed by atoms with E-state index in [2.05, 4.69) is 0 Å². The van der Waals surface area contributed by atoms with Crippen LogP contribution in [-0.4, -0.2) is 22.2 Å². The van der Waals surface area contributed by atoms with Gasteiger partial charge in [-0.3, -0.25) is 9.59 Å². The van der Waals surface area contributed by atoms with Gasteiger partial charge in [-0.2, -0.15) is 0 Å². The first-order valence-electron chi connectivity index (χ1n) is 14.7. The fourth-order valence-corrected chi connectivity index (χ4v) is 4.66. The molecule has 0 saturated heterocycles. The maximum Gasteiger partial charge on any atom is 0.307 e. The van der Waals surface area contributed by atoms with Gasteiger partial charge in [-0.05, 0) is 81.9 Å². The highest BCUT2D eigenvalue weighted by Gasteiger charge is 2.05. The molecule has 0 amide bonds. The number of hydrogen-bond donors (Lipinski definition) is 2. The van der Waals surface area contributed by atoms with E-state index in [0.29, 0.717) is 0 Å². The van der Waals surface area contributed by atoms with Crippen molar-refractivity contribution in [3.05, 3.63) is 169 Å². The van der Waals surface area contributed by atoms with Crippen molar-refractivity contribution < 1.29 is 29.3 Å². The molecule has 6 rings (SSSR count). The van der Waals surface area contributed by atoms with E-state index in [1.165, 1.54) is 0 Å². The van der Waals surface area contributed by atoms with Crippen LogP contribution in [0.5, 0.6) is 23.0 Å². The largest absolute Gasteiger partial charge is 0.481 e. The molecule has 2 N–H and O–H groups in total. The number of carbonyl (C=O) groups is 2. The molecule has 0 aliphatic heterocycles. The predicted molar refractivity (Wildman–Crippen MR) is 179 cm³/mol. The van der Waals surface area contributed by atoms with Crippen LogP contribution < -0.4 is 9.47 Å². The van der Waals surface area contributed by atoms with Crippen LogP contribution in [0.4, 0.5) is 0 Å². The maximum atomic E-state index is 10.7. The topological polar surface area (TPSA) is 93.1 Å². The summed E-state index contributed by atoms with van der Waals surface area (Å²) < 4.78 is 11.5. The van der Waals surface area contributed by atoms with E-state index in [1.807, 2.05) is 158 Å². The smallest absolute Gasteiger partial charge is 0.307 e. The van der Waals surface area contributed by atoms with E-state index in [1.54, 1.807) is 0 Å². The molecular weight excluding hydrogens is 576 g/mol. The van der Waals surface area contributed by atoms with Crippen molar-refractivity contribution >= 4 is 11.9 Å². The molecule has 6 heteroatoms. The zero-order valence-corrected chi connectivity index (χ0v) is 25.0. The summed E-state index contributed by atoms with van der Waals surface area (Å²) in [7, 11) is 0. The maximum absolute atomic E-state index is 10.7. The Morgan fingerprint density at radius 3 is 0.913 bits per heavy atom. The summed E-state index contributed by atoms with van der Waals surface area (Å²) in [5, 5.41) is 17.6. The van der Waals surface area contributed by atoms with E-state index in [-0.39, 0.29) is 12.8 Å². The molecule has 6 nitrogen and oxygen atoms in total. The molecule has 0 bridgehead atoms. The Morgan fingerprint density at radius 1 is 0.370 bits per heavy atom. The minimum Gasteiger partial charge on any atom is -0.481 e. The lowest BCUT2D eigenvalue weighted by Gasteiger charge is -2.07. The summed E-state index contributed by atoms with van der Waals surface area (Å²) in [6.45, 7) is 0. The molecule has 0 unspecified atom stereocenters. The fraction of sp³-hybridized carbons (Fsp3) is 0.0500. The number of rotatable bonds is 10. The quantitative estimate of drug-likeness (QED) is 0.161. The minimum atomic E-state index is -0.819. The molecule has 0 atom stereocenters. The minimum absolute atomic E-state index is 0.0458. The average Bonchev–Trinajstić information content (AvgIpc) is 3.07. The van der Waals surface area contributed by atoms with Crippen LogP contribution in [0.25, 0.3) is 22.3 Å². The van der Waals surface area contributed by atoms with Crippen molar-refractivity contribution in [1.29, 1.82) is 0 Å². The molecule has 0 fully saturated rings. The molecular formula is C40H32O6. The van der Waals surface area contributed by atoms with E-state index >= 15 is 0 Å². The number of aliphatic carboxylic acids is 2. The van der Waals surface area contributed by atoms with Gasteiger partial charge in [0.15, 0.2) is 0 Å². The van der Waals surface area contributed by atoms with Crippen LogP contribution in [0.15, 0.2) is 158 Å². The van der Waals surface area contributed by atoms with Crippen molar-refractivity contribution in [2.24, 2.45) is 0 Å². The first kappa shape index (κ1) is 31.3. The molecule has 0 aliphatic rings. The Hall–Kier alpha value is -6.14. The molecule has 0 aliphatic carbocycles. The SMILES string of the molecule is O=C(O)Cc1ccc(-c2ccc(Oc3ccccc3)cc2)cc1.O=C(O)Cc1ccc(-c2ccc(Oc3ccccc3)cc2)cc1. The number of hydrogen-bond acceptors (Lipinski definition) is 4. The number of para-hydroxylation sites is 2. The van der Waals surface area contributed by atoms with Gasteiger partial charge in [0.1, 0.15) is 23.0 Å². The summed E-state index contributed by atoms with van der Waals surface area (Å²) in [6.07, 6.45) is 0.0915. The molecule has 0 radical (unpaired) electrons. The number of carboxylic acid groups (broad SMARTS) is 2. The molecule has 0 heterocycles. The Morgan fingerprint density at radius 2 is 0.630 bits per heavy atom. The summed E-state index contributed by atoms with van der Waals surface area (Å²) in [5.74, 6) is 1.53. The highest BCUT2D eigenvalue weighted by molar-refractivity contribution is 5.72. The zero-order valence-electron chi connectivity index (χ0n) is 25.0. The van der Waals surface area contributed by atoms with Crippen molar-refractivity contribution in [3.8, 4) is 45.3 Å². The molecule has 0 saturated carbocycles. The molecule has 228 valence electrons. The van der Waals surface area contributed by atoms with Gasteiger partial charge in [-0.25, -0.2) is 0 Å². The lowest BCUT2D eigenvalue weighted by molar-refractivity contribution is -0.137. The van der Waals surface area contributed by atoms with Gasteiger partial charge in [0.25, 0.3) is 0 Å². The van der Waals surface area contributed by atoms with E-state index < -0.39 is 11.9 Å². The highest BCUT2D eigenvalue weighted by atomic mass is 16.5. The summed E-state index contributed by atoms with van der Waals surface area (Å²) in [6, 6.07) is 50.1. The third-order valence-corrected chi connectivity index (χ3v) is 6.95. The molecule has 0 aromatic heterocycles. The molecule has 6 aromatic carbocycles. The Kier molecular flexibility index (Phi) is 10.6. The summed E-state index contributed by atoms with van der Waals surface area (Å²) >= 11 is 0. The molecule has 46 heavy (non-hydrogen) atoms. The van der Waals surface area contributed by atoms with Crippen LogP contribution in [0, 0.1) is 0 Å². The highest BCUT2D eigenvalue weighted by Crippen LogP contribution is 2.27. The van der Waals surface area contributed by atoms with Crippen LogP contribution in [0.3, 0.4) is 0 Å². The normalized spacial score (nSPS) is 10.3. The van der Waals surface area contributed by atoms with Crippen molar-refractivity contribution in [2.45, 2.75) is 12.8 Å².